The van der Waals surface area contributed by atoms with Crippen LogP contribution >= 0.6 is 0 Å². The van der Waals surface area contributed by atoms with Crippen molar-refractivity contribution in [2.45, 2.75) is 53.6 Å². The average Bonchev–Trinajstić information content (AvgIpc) is 2.03. The first kappa shape index (κ1) is 14.0. The van der Waals surface area contributed by atoms with Gasteiger partial charge in [-0.25, -0.2) is 5.48 Å². The van der Waals surface area contributed by atoms with Crippen LogP contribution < -0.4 is 5.48 Å². The van der Waals surface area contributed by atoms with E-state index in [1.54, 1.807) is 6.92 Å². The van der Waals surface area contributed by atoms with Crippen LogP contribution in [0.1, 0.15) is 48.0 Å². The molecule has 0 spiro atoms. The predicted molar refractivity (Wildman–Crippen MR) is 50.6 cm³/mol. The Kier molecular flexibility index (Phi) is 8.27. The Balaban J connectivity index is 0. The average molecular weight is 175 g/mol. The number of hydroxylamine groups is 1. The van der Waals surface area contributed by atoms with Crippen LogP contribution in [0.25, 0.3) is 0 Å². The molecule has 74 valence electrons. The van der Waals surface area contributed by atoms with Crippen molar-refractivity contribution in [1.29, 1.82) is 0 Å². The van der Waals surface area contributed by atoms with Crippen molar-refractivity contribution < 1.29 is 9.63 Å². The first-order chi connectivity index (χ1) is 5.45. The number of hydrogen-bond donors (Lipinski definition) is 1. The topological polar surface area (TPSA) is 38.3 Å². The Morgan fingerprint density at radius 2 is 1.75 bits per heavy atom. The summed E-state index contributed by atoms with van der Waals surface area (Å²) in [4.78, 5) is 15.6. The summed E-state index contributed by atoms with van der Waals surface area (Å²) in [5, 5.41) is 0. The van der Waals surface area contributed by atoms with Crippen LogP contribution in [0.5, 0.6) is 0 Å². The van der Waals surface area contributed by atoms with Crippen LogP contribution in [0.2, 0.25) is 0 Å². The van der Waals surface area contributed by atoms with Crippen LogP contribution in [0.15, 0.2) is 0 Å². The molecule has 0 aliphatic rings. The van der Waals surface area contributed by atoms with E-state index in [4.69, 9.17) is 4.84 Å². The van der Waals surface area contributed by atoms with Crippen molar-refractivity contribution in [3.8, 4) is 0 Å². The van der Waals surface area contributed by atoms with Crippen molar-refractivity contribution in [2.75, 3.05) is 0 Å². The smallest absolute Gasteiger partial charge is 0.243 e. The van der Waals surface area contributed by atoms with E-state index < -0.39 is 0 Å². The van der Waals surface area contributed by atoms with Gasteiger partial charge in [-0.15, -0.1) is 0 Å². The third-order valence-electron chi connectivity index (χ3n) is 0.792. The van der Waals surface area contributed by atoms with Crippen molar-refractivity contribution in [2.24, 2.45) is 0 Å². The molecule has 0 aliphatic heterocycles. The lowest BCUT2D eigenvalue weighted by molar-refractivity contribution is -0.145. The Labute approximate surface area is 75.4 Å². The van der Waals surface area contributed by atoms with Gasteiger partial charge in [-0.05, 0) is 20.8 Å². The lowest BCUT2D eigenvalue weighted by Crippen LogP contribution is -2.32. The maximum atomic E-state index is 10.6. The summed E-state index contributed by atoms with van der Waals surface area (Å²) < 4.78 is 0. The largest absolute Gasteiger partial charge is 0.273 e. The zero-order valence-corrected chi connectivity index (χ0v) is 9.02. The maximum absolute atomic E-state index is 10.6. The van der Waals surface area contributed by atoms with Crippen LogP contribution in [0, 0.1) is 0 Å². The molecule has 0 aromatic rings. The minimum atomic E-state index is -0.301. The molecule has 3 nitrogen and oxygen atoms in total. The Morgan fingerprint density at radius 1 is 1.33 bits per heavy atom. The van der Waals surface area contributed by atoms with Gasteiger partial charge in [0.25, 0.3) is 0 Å². The van der Waals surface area contributed by atoms with Crippen molar-refractivity contribution in [3.63, 3.8) is 0 Å². The summed E-state index contributed by atoms with van der Waals surface area (Å²) in [6, 6.07) is 0. The highest BCUT2D eigenvalue weighted by Gasteiger charge is 2.11. The highest BCUT2D eigenvalue weighted by atomic mass is 16.7. The zero-order chi connectivity index (χ0) is 10.2. The Morgan fingerprint density at radius 3 is 2.00 bits per heavy atom. The van der Waals surface area contributed by atoms with Crippen LogP contribution in [0.3, 0.4) is 0 Å². The molecule has 0 unspecified atom stereocenters. The van der Waals surface area contributed by atoms with E-state index in [2.05, 4.69) is 5.48 Å². The lowest BCUT2D eigenvalue weighted by Gasteiger charge is -2.18. The van der Waals surface area contributed by atoms with Gasteiger partial charge in [-0.3, -0.25) is 9.63 Å². The summed E-state index contributed by atoms with van der Waals surface area (Å²) in [7, 11) is 0. The SMILES string of the molecule is CC.CCC(=O)NOC(C)(C)C. The third-order valence-corrected chi connectivity index (χ3v) is 0.792. The standard InChI is InChI=1S/C7H15NO2.C2H6/c1-5-6(9)8-10-7(2,3)4;1-2/h5H2,1-4H3,(H,8,9);1-2H3. The summed E-state index contributed by atoms with van der Waals surface area (Å²) in [6.45, 7) is 11.4. The zero-order valence-electron chi connectivity index (χ0n) is 9.02. The van der Waals surface area contributed by atoms with E-state index >= 15 is 0 Å². The molecule has 0 heterocycles. The fraction of sp³-hybridized carbons (Fsp3) is 0.889. The second-order valence-electron chi connectivity index (χ2n) is 3.09. The first-order valence-electron chi connectivity index (χ1n) is 4.42. The molecule has 0 fully saturated rings. The van der Waals surface area contributed by atoms with E-state index in [1.807, 2.05) is 34.6 Å². The number of carbonyl (C=O) groups excluding carboxylic acids is 1. The fourth-order valence-electron chi connectivity index (χ4n) is 0.282. The van der Waals surface area contributed by atoms with Gasteiger partial charge in [0.2, 0.25) is 5.91 Å². The van der Waals surface area contributed by atoms with Gasteiger partial charge in [0, 0.05) is 6.42 Å². The minimum Gasteiger partial charge on any atom is -0.273 e. The summed E-state index contributed by atoms with van der Waals surface area (Å²) in [5.74, 6) is -0.0880. The van der Waals surface area contributed by atoms with E-state index in [0.717, 1.165) is 0 Å². The molecule has 12 heavy (non-hydrogen) atoms. The molecule has 0 aromatic carbocycles. The molecular weight excluding hydrogens is 154 g/mol. The molecule has 0 aliphatic carbocycles. The number of hydrogen-bond acceptors (Lipinski definition) is 2. The van der Waals surface area contributed by atoms with Crippen LogP contribution in [-0.2, 0) is 9.63 Å². The molecule has 0 atom stereocenters. The molecule has 0 aromatic heterocycles. The van der Waals surface area contributed by atoms with E-state index in [-0.39, 0.29) is 11.5 Å². The van der Waals surface area contributed by atoms with Gasteiger partial charge in [0.05, 0.1) is 5.60 Å². The van der Waals surface area contributed by atoms with Gasteiger partial charge >= 0.3 is 0 Å². The number of carbonyl (C=O) groups is 1. The highest BCUT2D eigenvalue weighted by Crippen LogP contribution is 2.03. The molecular formula is C9H21NO2. The minimum absolute atomic E-state index is 0.0880. The lowest BCUT2D eigenvalue weighted by atomic mass is 10.2. The maximum Gasteiger partial charge on any atom is 0.243 e. The second-order valence-corrected chi connectivity index (χ2v) is 3.09. The number of rotatable bonds is 2. The Hall–Kier alpha value is -0.570. The van der Waals surface area contributed by atoms with Crippen molar-refractivity contribution >= 4 is 5.91 Å². The summed E-state index contributed by atoms with van der Waals surface area (Å²) in [6.07, 6.45) is 0.454. The molecule has 0 radical (unpaired) electrons. The normalized spacial score (nSPS) is 9.83. The molecule has 1 amide bonds. The van der Waals surface area contributed by atoms with Crippen molar-refractivity contribution in [3.05, 3.63) is 0 Å². The number of nitrogens with one attached hydrogen (secondary N) is 1. The van der Waals surface area contributed by atoms with Crippen molar-refractivity contribution in [1.82, 2.24) is 5.48 Å². The van der Waals surface area contributed by atoms with E-state index in [1.165, 1.54) is 0 Å². The van der Waals surface area contributed by atoms with Gasteiger partial charge in [0.15, 0.2) is 0 Å². The number of amides is 1. The fourth-order valence-corrected chi connectivity index (χ4v) is 0.282. The van der Waals surface area contributed by atoms with Gasteiger partial charge in [-0.1, -0.05) is 20.8 Å². The summed E-state index contributed by atoms with van der Waals surface area (Å²) >= 11 is 0. The molecule has 0 rings (SSSR count). The molecule has 0 saturated carbocycles. The summed E-state index contributed by atoms with van der Waals surface area (Å²) in [5.41, 5.74) is 2.03. The van der Waals surface area contributed by atoms with E-state index in [0.29, 0.717) is 6.42 Å². The molecule has 1 N–H and O–H groups in total. The molecule has 3 heteroatoms. The predicted octanol–water partition coefficient (Wildman–Crippen LogP) is 2.27. The third kappa shape index (κ3) is 12.1. The van der Waals surface area contributed by atoms with Gasteiger partial charge in [0.1, 0.15) is 0 Å². The van der Waals surface area contributed by atoms with Crippen LogP contribution in [-0.4, -0.2) is 11.5 Å². The monoisotopic (exact) mass is 175 g/mol. The van der Waals surface area contributed by atoms with Crippen LogP contribution in [0.4, 0.5) is 0 Å². The quantitative estimate of drug-likeness (QED) is 0.654. The first-order valence-corrected chi connectivity index (χ1v) is 4.42. The molecule has 0 saturated heterocycles. The van der Waals surface area contributed by atoms with E-state index in [9.17, 15) is 4.79 Å². The van der Waals surface area contributed by atoms with Gasteiger partial charge in [-0.2, -0.15) is 0 Å². The Bertz CT molecular complexity index is 116. The van der Waals surface area contributed by atoms with Gasteiger partial charge < -0.3 is 0 Å². The molecule has 0 bridgehead atoms. The highest BCUT2D eigenvalue weighted by molar-refractivity contribution is 5.74. The second kappa shape index (κ2) is 7.10.